The summed E-state index contributed by atoms with van der Waals surface area (Å²) in [4.78, 5) is 0.355. The van der Waals surface area contributed by atoms with E-state index in [1.54, 1.807) is 12.1 Å². The molecule has 1 aromatic carbocycles. The van der Waals surface area contributed by atoms with Crippen LogP contribution < -0.4 is 5.32 Å². The van der Waals surface area contributed by atoms with Crippen LogP contribution in [0.15, 0.2) is 29.2 Å². The second kappa shape index (κ2) is 4.53. The standard InChI is InChI=1S/C11H15NO3S/c1-16(13,14)10-4-2-9(3-5-10)11-8-15-7-6-12-11/h2-5,11-12H,6-8H2,1H3/t11-/m1/s1. The Morgan fingerprint density at radius 3 is 2.50 bits per heavy atom. The highest BCUT2D eigenvalue weighted by atomic mass is 32.2. The summed E-state index contributed by atoms with van der Waals surface area (Å²) >= 11 is 0. The van der Waals surface area contributed by atoms with Gasteiger partial charge in [0.2, 0.25) is 0 Å². The van der Waals surface area contributed by atoms with Gasteiger partial charge in [0.1, 0.15) is 0 Å². The van der Waals surface area contributed by atoms with Gasteiger partial charge in [-0.3, -0.25) is 0 Å². The van der Waals surface area contributed by atoms with Gasteiger partial charge in [0.05, 0.1) is 24.2 Å². The van der Waals surface area contributed by atoms with Crippen LogP contribution in [0.5, 0.6) is 0 Å². The monoisotopic (exact) mass is 241 g/mol. The van der Waals surface area contributed by atoms with Crippen LogP contribution in [0.3, 0.4) is 0 Å². The second-order valence-corrected chi connectivity index (χ2v) is 5.94. The molecule has 1 heterocycles. The van der Waals surface area contributed by atoms with E-state index >= 15 is 0 Å². The first-order valence-corrected chi connectivity index (χ1v) is 7.07. The molecule has 0 bridgehead atoms. The summed E-state index contributed by atoms with van der Waals surface area (Å²) in [5.41, 5.74) is 1.06. The van der Waals surface area contributed by atoms with Gasteiger partial charge in [-0.05, 0) is 17.7 Å². The fourth-order valence-electron chi connectivity index (χ4n) is 1.73. The lowest BCUT2D eigenvalue weighted by atomic mass is 10.1. The van der Waals surface area contributed by atoms with Crippen molar-refractivity contribution >= 4 is 9.84 Å². The number of benzene rings is 1. The minimum Gasteiger partial charge on any atom is -0.378 e. The number of nitrogens with one attached hydrogen (secondary N) is 1. The Labute approximate surface area is 95.5 Å². The van der Waals surface area contributed by atoms with Crippen molar-refractivity contribution in [3.05, 3.63) is 29.8 Å². The van der Waals surface area contributed by atoms with Crippen LogP contribution in [0.25, 0.3) is 0 Å². The minimum absolute atomic E-state index is 0.169. The summed E-state index contributed by atoms with van der Waals surface area (Å²) in [7, 11) is -3.10. The Kier molecular flexibility index (Phi) is 3.28. The van der Waals surface area contributed by atoms with Gasteiger partial charge < -0.3 is 10.1 Å². The van der Waals surface area contributed by atoms with Crippen molar-refractivity contribution in [2.45, 2.75) is 10.9 Å². The molecule has 0 spiro atoms. The zero-order valence-corrected chi connectivity index (χ0v) is 9.96. The van der Waals surface area contributed by atoms with Crippen molar-refractivity contribution in [1.29, 1.82) is 0 Å². The number of sulfone groups is 1. The zero-order chi connectivity index (χ0) is 11.6. The van der Waals surface area contributed by atoms with Gasteiger partial charge in [0.15, 0.2) is 9.84 Å². The molecule has 4 nitrogen and oxygen atoms in total. The SMILES string of the molecule is CS(=O)(=O)c1ccc([C@H]2COCCN2)cc1. The minimum atomic E-state index is -3.10. The first-order chi connectivity index (χ1) is 7.57. The lowest BCUT2D eigenvalue weighted by molar-refractivity contribution is 0.0769. The summed E-state index contributed by atoms with van der Waals surface area (Å²) in [5.74, 6) is 0. The Morgan fingerprint density at radius 1 is 1.31 bits per heavy atom. The summed E-state index contributed by atoms with van der Waals surface area (Å²) < 4.78 is 27.9. The van der Waals surface area contributed by atoms with Crippen molar-refractivity contribution in [3.63, 3.8) is 0 Å². The average molecular weight is 241 g/mol. The van der Waals surface area contributed by atoms with E-state index in [9.17, 15) is 8.42 Å². The maximum atomic E-state index is 11.3. The summed E-state index contributed by atoms with van der Waals surface area (Å²) in [6.45, 7) is 2.20. The number of hydrogen-bond acceptors (Lipinski definition) is 4. The molecule has 1 aromatic rings. The molecule has 1 N–H and O–H groups in total. The Morgan fingerprint density at radius 2 is 2.00 bits per heavy atom. The third-order valence-electron chi connectivity index (χ3n) is 2.63. The number of morpholine rings is 1. The highest BCUT2D eigenvalue weighted by molar-refractivity contribution is 7.90. The van der Waals surface area contributed by atoms with Crippen LogP contribution in [0.1, 0.15) is 11.6 Å². The fourth-order valence-corrected chi connectivity index (χ4v) is 2.36. The van der Waals surface area contributed by atoms with Gasteiger partial charge in [0.25, 0.3) is 0 Å². The van der Waals surface area contributed by atoms with E-state index < -0.39 is 9.84 Å². The number of ether oxygens (including phenoxy) is 1. The second-order valence-electron chi connectivity index (χ2n) is 3.92. The molecule has 0 saturated carbocycles. The van der Waals surface area contributed by atoms with Gasteiger partial charge in [-0.25, -0.2) is 8.42 Å². The molecule has 0 amide bonds. The lowest BCUT2D eigenvalue weighted by Gasteiger charge is -2.24. The van der Waals surface area contributed by atoms with Crippen molar-refractivity contribution in [2.24, 2.45) is 0 Å². The predicted octanol–water partition coefficient (Wildman–Crippen LogP) is 0.751. The molecule has 5 heteroatoms. The molecule has 1 saturated heterocycles. The third-order valence-corrected chi connectivity index (χ3v) is 3.76. The fraction of sp³-hybridized carbons (Fsp3) is 0.455. The highest BCUT2D eigenvalue weighted by Gasteiger charge is 2.15. The molecule has 0 aliphatic carbocycles. The normalized spacial score (nSPS) is 21.9. The molecular formula is C11H15NO3S. The van der Waals surface area contributed by atoms with Crippen LogP contribution in [-0.4, -0.2) is 34.4 Å². The first-order valence-electron chi connectivity index (χ1n) is 5.18. The molecule has 0 radical (unpaired) electrons. The summed E-state index contributed by atoms with van der Waals surface area (Å²) in [6, 6.07) is 7.12. The third kappa shape index (κ3) is 2.61. The van der Waals surface area contributed by atoms with E-state index in [4.69, 9.17) is 4.74 Å². The summed E-state index contributed by atoms with van der Waals surface area (Å²) in [6.07, 6.45) is 1.21. The Balaban J connectivity index is 2.18. The van der Waals surface area contributed by atoms with Crippen molar-refractivity contribution < 1.29 is 13.2 Å². The van der Waals surface area contributed by atoms with Crippen LogP contribution in [0.2, 0.25) is 0 Å². The van der Waals surface area contributed by atoms with Crippen molar-refractivity contribution in [3.8, 4) is 0 Å². The van der Waals surface area contributed by atoms with E-state index in [2.05, 4.69) is 5.32 Å². The maximum absolute atomic E-state index is 11.3. The molecule has 1 aliphatic rings. The van der Waals surface area contributed by atoms with Crippen molar-refractivity contribution in [1.82, 2.24) is 5.32 Å². The smallest absolute Gasteiger partial charge is 0.175 e. The molecule has 1 aliphatic heterocycles. The van der Waals surface area contributed by atoms with Gasteiger partial charge in [0, 0.05) is 12.8 Å². The lowest BCUT2D eigenvalue weighted by Crippen LogP contribution is -2.34. The summed E-state index contributed by atoms with van der Waals surface area (Å²) in [5, 5.41) is 3.32. The molecule has 16 heavy (non-hydrogen) atoms. The van der Waals surface area contributed by atoms with E-state index in [0.717, 1.165) is 18.7 Å². The van der Waals surface area contributed by atoms with E-state index in [-0.39, 0.29) is 6.04 Å². The Bertz CT molecular complexity index is 447. The van der Waals surface area contributed by atoms with Crippen LogP contribution in [0, 0.1) is 0 Å². The maximum Gasteiger partial charge on any atom is 0.175 e. The number of rotatable bonds is 2. The van der Waals surface area contributed by atoms with E-state index in [1.165, 1.54) is 6.26 Å². The topological polar surface area (TPSA) is 55.4 Å². The first kappa shape index (κ1) is 11.6. The zero-order valence-electron chi connectivity index (χ0n) is 9.14. The average Bonchev–Trinajstić information content (AvgIpc) is 2.29. The van der Waals surface area contributed by atoms with Crippen molar-refractivity contribution in [2.75, 3.05) is 26.0 Å². The largest absolute Gasteiger partial charge is 0.378 e. The molecule has 88 valence electrons. The highest BCUT2D eigenvalue weighted by Crippen LogP contribution is 2.18. The molecular weight excluding hydrogens is 226 g/mol. The molecule has 0 aromatic heterocycles. The van der Waals surface area contributed by atoms with Gasteiger partial charge >= 0.3 is 0 Å². The Hall–Kier alpha value is -0.910. The number of hydrogen-bond donors (Lipinski definition) is 1. The van der Waals surface area contributed by atoms with E-state index in [1.807, 2.05) is 12.1 Å². The van der Waals surface area contributed by atoms with Gasteiger partial charge in [-0.1, -0.05) is 12.1 Å². The van der Waals surface area contributed by atoms with Crippen LogP contribution in [-0.2, 0) is 14.6 Å². The van der Waals surface area contributed by atoms with Gasteiger partial charge in [-0.15, -0.1) is 0 Å². The van der Waals surface area contributed by atoms with Crippen LogP contribution >= 0.6 is 0 Å². The molecule has 2 rings (SSSR count). The molecule has 1 atom stereocenters. The van der Waals surface area contributed by atoms with Gasteiger partial charge in [-0.2, -0.15) is 0 Å². The quantitative estimate of drug-likeness (QED) is 0.830. The predicted molar refractivity (Wildman–Crippen MR) is 61.1 cm³/mol. The van der Waals surface area contributed by atoms with E-state index in [0.29, 0.717) is 11.5 Å². The van der Waals surface area contributed by atoms with Crippen LogP contribution in [0.4, 0.5) is 0 Å². The molecule has 1 fully saturated rings. The molecule has 0 unspecified atom stereocenters.